The van der Waals surface area contributed by atoms with Gasteiger partial charge in [0, 0.05) is 4.88 Å². The minimum absolute atomic E-state index is 0.101. The van der Waals surface area contributed by atoms with Crippen molar-refractivity contribution in [1.29, 1.82) is 0 Å². The first-order valence-electron chi connectivity index (χ1n) is 8.36. The molecular formula is C19H21NO4S. The Balaban J connectivity index is 1.68. The Morgan fingerprint density at radius 3 is 2.88 bits per heavy atom. The lowest BCUT2D eigenvalue weighted by atomic mass is 10.1. The third-order valence-corrected chi connectivity index (χ3v) is 5.45. The van der Waals surface area contributed by atoms with Gasteiger partial charge in [-0.2, -0.15) is 0 Å². The van der Waals surface area contributed by atoms with Crippen LogP contribution in [0.4, 0.5) is 5.00 Å². The molecule has 1 heterocycles. The smallest absolute Gasteiger partial charge is 0.341 e. The molecule has 0 radical (unpaired) electrons. The number of amides is 1. The van der Waals surface area contributed by atoms with Gasteiger partial charge in [-0.05, 0) is 48.9 Å². The molecule has 6 heteroatoms. The molecule has 1 aromatic heterocycles. The van der Waals surface area contributed by atoms with Gasteiger partial charge in [-0.15, -0.1) is 11.3 Å². The van der Waals surface area contributed by atoms with E-state index in [4.69, 9.17) is 9.47 Å². The minimum atomic E-state index is -0.397. The van der Waals surface area contributed by atoms with Crippen molar-refractivity contribution in [3.05, 3.63) is 45.8 Å². The molecule has 2 aromatic rings. The van der Waals surface area contributed by atoms with E-state index in [1.54, 1.807) is 0 Å². The lowest BCUT2D eigenvalue weighted by Gasteiger charge is -2.09. The number of fused-ring (bicyclic) bond motifs is 1. The number of ether oxygens (including phenoxy) is 2. The van der Waals surface area contributed by atoms with Crippen LogP contribution in [0.1, 0.15) is 39.7 Å². The average Bonchev–Trinajstić information content (AvgIpc) is 3.20. The first kappa shape index (κ1) is 17.5. The Bertz CT molecular complexity index is 797. The number of carbonyl (C=O) groups excluding carboxylic acids is 2. The zero-order valence-corrected chi connectivity index (χ0v) is 15.2. The molecular weight excluding hydrogens is 338 g/mol. The molecule has 0 saturated heterocycles. The Morgan fingerprint density at radius 1 is 1.28 bits per heavy atom. The normalized spacial score (nSPS) is 12.6. The van der Waals surface area contributed by atoms with Crippen molar-refractivity contribution in [2.24, 2.45) is 0 Å². The lowest BCUT2D eigenvalue weighted by molar-refractivity contribution is -0.118. The number of carbonyl (C=O) groups is 2. The van der Waals surface area contributed by atoms with Gasteiger partial charge in [0.1, 0.15) is 10.8 Å². The fourth-order valence-corrected chi connectivity index (χ4v) is 4.27. The van der Waals surface area contributed by atoms with Crippen LogP contribution in [0, 0.1) is 0 Å². The van der Waals surface area contributed by atoms with Crippen LogP contribution in [0.5, 0.6) is 5.75 Å². The van der Waals surface area contributed by atoms with Gasteiger partial charge in [0.25, 0.3) is 5.91 Å². The van der Waals surface area contributed by atoms with E-state index in [1.807, 2.05) is 24.3 Å². The monoisotopic (exact) mass is 359 g/mol. The number of thiophene rings is 1. The van der Waals surface area contributed by atoms with Crippen LogP contribution in [0.3, 0.4) is 0 Å². The fraction of sp³-hybridized carbons (Fsp3) is 0.368. The highest BCUT2D eigenvalue weighted by Crippen LogP contribution is 2.39. The predicted octanol–water partition coefficient (Wildman–Crippen LogP) is 3.60. The van der Waals surface area contributed by atoms with E-state index in [9.17, 15) is 9.59 Å². The number of rotatable bonds is 6. The number of benzene rings is 1. The van der Waals surface area contributed by atoms with Gasteiger partial charge in [-0.25, -0.2) is 4.79 Å². The van der Waals surface area contributed by atoms with E-state index in [1.165, 1.54) is 18.4 Å². The van der Waals surface area contributed by atoms with E-state index in [0.717, 1.165) is 41.7 Å². The van der Waals surface area contributed by atoms with Crippen molar-refractivity contribution in [1.82, 2.24) is 0 Å². The topological polar surface area (TPSA) is 64.6 Å². The zero-order chi connectivity index (χ0) is 17.8. The molecule has 0 bridgehead atoms. The number of esters is 1. The summed E-state index contributed by atoms with van der Waals surface area (Å²) in [5.41, 5.74) is 2.67. The number of hydrogen-bond donors (Lipinski definition) is 1. The second-order valence-corrected chi connectivity index (χ2v) is 7.00. The van der Waals surface area contributed by atoms with Gasteiger partial charge in [0.05, 0.1) is 12.7 Å². The van der Waals surface area contributed by atoms with Crippen molar-refractivity contribution in [2.45, 2.75) is 32.6 Å². The predicted molar refractivity (Wildman–Crippen MR) is 97.6 cm³/mol. The summed E-state index contributed by atoms with van der Waals surface area (Å²) >= 11 is 1.46. The van der Waals surface area contributed by atoms with Crippen LogP contribution in [0.2, 0.25) is 0 Å². The number of hydrogen-bond acceptors (Lipinski definition) is 5. The number of aryl methyl sites for hydroxylation is 2. The molecule has 0 spiro atoms. The lowest BCUT2D eigenvalue weighted by Crippen LogP contribution is -2.21. The number of anilines is 1. The van der Waals surface area contributed by atoms with Gasteiger partial charge in [-0.1, -0.05) is 19.1 Å². The van der Waals surface area contributed by atoms with Crippen molar-refractivity contribution >= 4 is 28.2 Å². The summed E-state index contributed by atoms with van der Waals surface area (Å²) in [6.45, 7) is 1.96. The molecule has 3 rings (SSSR count). The Morgan fingerprint density at radius 2 is 2.12 bits per heavy atom. The van der Waals surface area contributed by atoms with Crippen molar-refractivity contribution < 1.29 is 19.1 Å². The number of methoxy groups -OCH3 is 1. The van der Waals surface area contributed by atoms with Crippen LogP contribution in [-0.4, -0.2) is 25.6 Å². The summed E-state index contributed by atoms with van der Waals surface area (Å²) in [6, 6.07) is 7.67. The molecule has 0 unspecified atom stereocenters. The van der Waals surface area contributed by atoms with Crippen LogP contribution >= 0.6 is 11.3 Å². The van der Waals surface area contributed by atoms with Crippen molar-refractivity contribution in [2.75, 3.05) is 19.0 Å². The van der Waals surface area contributed by atoms with Crippen LogP contribution < -0.4 is 10.1 Å². The Hall–Kier alpha value is -2.34. The van der Waals surface area contributed by atoms with E-state index >= 15 is 0 Å². The molecule has 5 nitrogen and oxygen atoms in total. The van der Waals surface area contributed by atoms with Crippen molar-refractivity contribution in [3.63, 3.8) is 0 Å². The van der Waals surface area contributed by atoms with E-state index in [-0.39, 0.29) is 12.5 Å². The molecule has 1 aromatic carbocycles. The molecule has 1 aliphatic carbocycles. The standard InChI is InChI=1S/C19H21NO4S/c1-3-12-6-4-7-13(10-12)24-11-16(21)20-18-17(19(22)23-2)14-8-5-9-15(14)25-18/h4,6-7,10H,3,5,8-9,11H2,1-2H3,(H,20,21). The van der Waals surface area contributed by atoms with Gasteiger partial charge in [0.2, 0.25) is 0 Å². The Labute approximate surface area is 151 Å². The summed E-state index contributed by atoms with van der Waals surface area (Å²) < 4.78 is 10.4. The molecule has 132 valence electrons. The van der Waals surface area contributed by atoms with Crippen LogP contribution in [0.15, 0.2) is 24.3 Å². The summed E-state index contributed by atoms with van der Waals surface area (Å²) in [7, 11) is 1.36. The molecule has 1 aliphatic rings. The third kappa shape index (κ3) is 3.85. The summed E-state index contributed by atoms with van der Waals surface area (Å²) in [4.78, 5) is 25.5. The van der Waals surface area contributed by atoms with Gasteiger partial charge in [-0.3, -0.25) is 4.79 Å². The fourth-order valence-electron chi connectivity index (χ4n) is 2.98. The third-order valence-electron chi connectivity index (χ3n) is 4.24. The average molecular weight is 359 g/mol. The van der Waals surface area contributed by atoms with E-state index < -0.39 is 5.97 Å². The second kappa shape index (κ2) is 7.70. The van der Waals surface area contributed by atoms with Crippen LogP contribution in [0.25, 0.3) is 0 Å². The maximum absolute atomic E-state index is 12.2. The van der Waals surface area contributed by atoms with Gasteiger partial charge < -0.3 is 14.8 Å². The summed E-state index contributed by atoms with van der Waals surface area (Å²) in [5.74, 6) is -0.0189. The molecule has 0 saturated carbocycles. The molecule has 0 atom stereocenters. The highest BCUT2D eigenvalue weighted by molar-refractivity contribution is 7.17. The quantitative estimate of drug-likeness (QED) is 0.801. The molecule has 1 amide bonds. The SMILES string of the molecule is CCc1cccc(OCC(=O)Nc2sc3c(c2C(=O)OC)CCC3)c1. The highest BCUT2D eigenvalue weighted by atomic mass is 32.1. The van der Waals surface area contributed by atoms with E-state index in [0.29, 0.717) is 16.3 Å². The van der Waals surface area contributed by atoms with Gasteiger partial charge in [0.15, 0.2) is 6.61 Å². The van der Waals surface area contributed by atoms with Gasteiger partial charge >= 0.3 is 5.97 Å². The minimum Gasteiger partial charge on any atom is -0.484 e. The summed E-state index contributed by atoms with van der Waals surface area (Å²) in [6.07, 6.45) is 3.75. The van der Waals surface area contributed by atoms with E-state index in [2.05, 4.69) is 12.2 Å². The highest BCUT2D eigenvalue weighted by Gasteiger charge is 2.28. The molecule has 0 fully saturated rings. The second-order valence-electron chi connectivity index (χ2n) is 5.89. The molecule has 25 heavy (non-hydrogen) atoms. The van der Waals surface area contributed by atoms with Crippen LogP contribution in [-0.2, 0) is 28.8 Å². The van der Waals surface area contributed by atoms with Crippen molar-refractivity contribution in [3.8, 4) is 5.75 Å². The summed E-state index contributed by atoms with van der Waals surface area (Å²) in [5, 5.41) is 3.37. The molecule has 0 aliphatic heterocycles. The number of nitrogens with one attached hydrogen (secondary N) is 1. The first-order chi connectivity index (χ1) is 12.1. The Kier molecular flexibility index (Phi) is 5.38. The molecule has 1 N–H and O–H groups in total. The zero-order valence-electron chi connectivity index (χ0n) is 14.4. The first-order valence-corrected chi connectivity index (χ1v) is 9.18. The maximum Gasteiger partial charge on any atom is 0.341 e. The largest absolute Gasteiger partial charge is 0.484 e. The maximum atomic E-state index is 12.2.